The van der Waals surface area contributed by atoms with E-state index in [4.69, 9.17) is 11.6 Å². The topological polar surface area (TPSA) is 45.2 Å². The zero-order chi connectivity index (χ0) is 18.5. The molecule has 0 fully saturated rings. The molecule has 0 radical (unpaired) electrons. The minimum Gasteiger partial charge on any atom is -0.354 e. The van der Waals surface area contributed by atoms with E-state index in [9.17, 15) is 4.79 Å². The van der Waals surface area contributed by atoms with Crippen molar-refractivity contribution in [3.63, 3.8) is 0 Å². The summed E-state index contributed by atoms with van der Waals surface area (Å²) in [5, 5.41) is 8.66. The monoisotopic (exact) mass is 405 g/mol. The van der Waals surface area contributed by atoms with Gasteiger partial charge in [-0.15, -0.1) is 22.7 Å². The highest BCUT2D eigenvalue weighted by Crippen LogP contribution is 2.28. The smallest absolute Gasteiger partial charge is 0.226 e. The Hall–Kier alpha value is -1.73. The fourth-order valence-electron chi connectivity index (χ4n) is 2.66. The number of carbonyl (C=O) groups excluding carboxylic acids is 1. The number of amides is 1. The number of hydrogen-bond donors (Lipinski definition) is 1. The van der Waals surface area contributed by atoms with Gasteiger partial charge in [0.1, 0.15) is 5.01 Å². The SMILES string of the molecule is CN(C)[C@H](CNC(=O)Cc1csc(-c2cccs2)n1)c1ccccc1Cl. The molecule has 1 N–H and O–H groups in total. The summed E-state index contributed by atoms with van der Waals surface area (Å²) in [5.74, 6) is -0.0352. The highest BCUT2D eigenvalue weighted by molar-refractivity contribution is 7.20. The van der Waals surface area contributed by atoms with E-state index in [1.165, 1.54) is 0 Å². The Balaban J connectivity index is 1.60. The fourth-order valence-corrected chi connectivity index (χ4v) is 4.55. The molecule has 1 atom stereocenters. The Bertz CT molecular complexity index is 861. The molecule has 0 aliphatic heterocycles. The highest BCUT2D eigenvalue weighted by atomic mass is 35.5. The quantitative estimate of drug-likeness (QED) is 0.630. The van der Waals surface area contributed by atoms with Gasteiger partial charge in [-0.1, -0.05) is 35.9 Å². The average molecular weight is 406 g/mol. The third-order valence-corrected chi connectivity index (χ3v) is 6.28. The second-order valence-electron chi connectivity index (χ2n) is 6.10. The molecule has 0 saturated carbocycles. The predicted octanol–water partition coefficient (Wildman–Crippen LogP) is 4.49. The van der Waals surface area contributed by atoms with Crippen LogP contribution in [-0.4, -0.2) is 36.4 Å². The van der Waals surface area contributed by atoms with Gasteiger partial charge in [0.05, 0.1) is 23.0 Å². The Labute approximate surface area is 166 Å². The lowest BCUT2D eigenvalue weighted by molar-refractivity contribution is -0.120. The highest BCUT2D eigenvalue weighted by Gasteiger charge is 2.18. The Morgan fingerprint density at radius 3 is 2.73 bits per heavy atom. The number of hydrogen-bond acceptors (Lipinski definition) is 5. The summed E-state index contributed by atoms with van der Waals surface area (Å²) >= 11 is 9.54. The molecule has 0 aliphatic carbocycles. The molecule has 7 heteroatoms. The maximum Gasteiger partial charge on any atom is 0.226 e. The van der Waals surface area contributed by atoms with Crippen LogP contribution >= 0.6 is 34.3 Å². The van der Waals surface area contributed by atoms with Crippen LogP contribution in [0.25, 0.3) is 9.88 Å². The average Bonchev–Trinajstić information content (AvgIpc) is 3.27. The van der Waals surface area contributed by atoms with Crippen LogP contribution in [0.1, 0.15) is 17.3 Å². The summed E-state index contributed by atoms with van der Waals surface area (Å²) in [5.41, 5.74) is 1.81. The number of aromatic nitrogens is 1. The van der Waals surface area contributed by atoms with E-state index in [0.717, 1.165) is 21.1 Å². The van der Waals surface area contributed by atoms with Gasteiger partial charge >= 0.3 is 0 Å². The number of nitrogens with zero attached hydrogens (tertiary/aromatic N) is 2. The van der Waals surface area contributed by atoms with E-state index in [-0.39, 0.29) is 18.4 Å². The van der Waals surface area contributed by atoms with Crippen molar-refractivity contribution in [2.45, 2.75) is 12.5 Å². The molecule has 1 amide bonds. The fraction of sp³-hybridized carbons (Fsp3) is 0.263. The first kappa shape index (κ1) is 19.0. The third kappa shape index (κ3) is 4.71. The Morgan fingerprint density at radius 1 is 1.23 bits per heavy atom. The summed E-state index contributed by atoms with van der Waals surface area (Å²) in [6.45, 7) is 0.498. The predicted molar refractivity (Wildman–Crippen MR) is 110 cm³/mol. The van der Waals surface area contributed by atoms with Crippen molar-refractivity contribution in [2.24, 2.45) is 0 Å². The molecule has 136 valence electrons. The molecule has 0 unspecified atom stereocenters. The number of benzene rings is 1. The standard InChI is InChI=1S/C19H20ClN3OS2/c1-23(2)16(14-6-3-4-7-15(14)20)11-21-18(24)10-13-12-26-19(22-13)17-8-5-9-25-17/h3-9,12,16H,10-11H2,1-2H3,(H,21,24)/t16-/m1/s1. The summed E-state index contributed by atoms with van der Waals surface area (Å²) in [7, 11) is 3.96. The molecule has 2 heterocycles. The van der Waals surface area contributed by atoms with E-state index >= 15 is 0 Å². The molecule has 0 spiro atoms. The van der Waals surface area contributed by atoms with E-state index in [1.54, 1.807) is 22.7 Å². The zero-order valence-corrected chi connectivity index (χ0v) is 17.0. The zero-order valence-electron chi connectivity index (χ0n) is 14.6. The summed E-state index contributed by atoms with van der Waals surface area (Å²) in [4.78, 5) is 20.1. The van der Waals surface area contributed by atoms with E-state index in [1.807, 2.05) is 61.3 Å². The van der Waals surface area contributed by atoms with Gasteiger partial charge in [0.25, 0.3) is 0 Å². The molecular weight excluding hydrogens is 386 g/mol. The first-order chi connectivity index (χ1) is 12.5. The van der Waals surface area contributed by atoms with Gasteiger partial charge < -0.3 is 10.2 Å². The van der Waals surface area contributed by atoms with Gasteiger partial charge in [0.2, 0.25) is 5.91 Å². The van der Waals surface area contributed by atoms with Crippen molar-refractivity contribution in [3.05, 3.63) is 63.4 Å². The van der Waals surface area contributed by atoms with Gasteiger partial charge in [-0.05, 0) is 37.2 Å². The van der Waals surface area contributed by atoms with Crippen molar-refractivity contribution in [1.29, 1.82) is 0 Å². The van der Waals surface area contributed by atoms with Crippen LogP contribution in [0.15, 0.2) is 47.2 Å². The maximum atomic E-state index is 12.4. The third-order valence-electron chi connectivity index (χ3n) is 4.01. The van der Waals surface area contributed by atoms with Crippen LogP contribution in [0.3, 0.4) is 0 Å². The van der Waals surface area contributed by atoms with Gasteiger partial charge in [0.15, 0.2) is 0 Å². The molecule has 3 aromatic rings. The molecule has 26 heavy (non-hydrogen) atoms. The lowest BCUT2D eigenvalue weighted by atomic mass is 10.1. The number of halogens is 1. The van der Waals surface area contributed by atoms with Crippen LogP contribution in [0.2, 0.25) is 5.02 Å². The number of thiophene rings is 1. The van der Waals surface area contributed by atoms with Crippen molar-refractivity contribution in [2.75, 3.05) is 20.6 Å². The number of nitrogens with one attached hydrogen (secondary N) is 1. The number of thiazole rings is 1. The minimum atomic E-state index is -0.0352. The molecule has 2 aromatic heterocycles. The van der Waals surface area contributed by atoms with Crippen molar-refractivity contribution in [1.82, 2.24) is 15.2 Å². The Morgan fingerprint density at radius 2 is 2.04 bits per heavy atom. The Kier molecular flexibility index (Phi) is 6.43. The first-order valence-corrected chi connectivity index (χ1v) is 10.3. The molecule has 1 aromatic carbocycles. The van der Waals surface area contributed by atoms with E-state index in [0.29, 0.717) is 11.6 Å². The summed E-state index contributed by atoms with van der Waals surface area (Å²) in [6.07, 6.45) is 0.282. The van der Waals surface area contributed by atoms with E-state index < -0.39 is 0 Å². The van der Waals surface area contributed by atoms with Crippen molar-refractivity contribution < 1.29 is 4.79 Å². The molecule has 4 nitrogen and oxygen atoms in total. The lowest BCUT2D eigenvalue weighted by Gasteiger charge is -2.26. The second kappa shape index (κ2) is 8.77. The number of carbonyl (C=O) groups is 1. The van der Waals surface area contributed by atoms with Gasteiger partial charge in [-0.3, -0.25) is 4.79 Å². The van der Waals surface area contributed by atoms with E-state index in [2.05, 4.69) is 15.2 Å². The van der Waals surface area contributed by atoms with Gasteiger partial charge in [-0.2, -0.15) is 0 Å². The summed E-state index contributed by atoms with van der Waals surface area (Å²) in [6, 6.07) is 11.8. The van der Waals surface area contributed by atoms with Crippen LogP contribution in [0.5, 0.6) is 0 Å². The van der Waals surface area contributed by atoms with Crippen LogP contribution in [0.4, 0.5) is 0 Å². The number of likely N-dealkylation sites (N-methyl/N-ethyl adjacent to an activating group) is 1. The normalized spacial score (nSPS) is 12.3. The molecule has 3 rings (SSSR count). The van der Waals surface area contributed by atoms with Crippen LogP contribution in [0, 0.1) is 0 Å². The molecule has 0 aliphatic rings. The lowest BCUT2D eigenvalue weighted by Crippen LogP contribution is -2.35. The number of rotatable bonds is 7. The first-order valence-electron chi connectivity index (χ1n) is 8.20. The molecular formula is C19H20ClN3OS2. The van der Waals surface area contributed by atoms with Gasteiger partial charge in [0, 0.05) is 16.9 Å². The maximum absolute atomic E-state index is 12.4. The largest absolute Gasteiger partial charge is 0.354 e. The molecule has 0 saturated heterocycles. The second-order valence-corrected chi connectivity index (χ2v) is 8.32. The van der Waals surface area contributed by atoms with Crippen molar-refractivity contribution in [3.8, 4) is 9.88 Å². The van der Waals surface area contributed by atoms with Crippen LogP contribution in [-0.2, 0) is 11.2 Å². The van der Waals surface area contributed by atoms with Crippen LogP contribution < -0.4 is 5.32 Å². The summed E-state index contributed by atoms with van der Waals surface area (Å²) < 4.78 is 0. The molecule has 0 bridgehead atoms. The van der Waals surface area contributed by atoms with Gasteiger partial charge in [-0.25, -0.2) is 4.98 Å². The van der Waals surface area contributed by atoms with Crippen molar-refractivity contribution >= 4 is 40.2 Å². The minimum absolute atomic E-state index is 0.0183.